The van der Waals surface area contributed by atoms with Gasteiger partial charge in [0.15, 0.2) is 0 Å². The number of aromatic nitrogens is 2. The number of hydrogen-bond acceptors (Lipinski definition) is 6. The first-order valence-corrected chi connectivity index (χ1v) is 8.45. The summed E-state index contributed by atoms with van der Waals surface area (Å²) in [7, 11) is -3.83. The molecule has 1 aromatic carbocycles. The van der Waals surface area contributed by atoms with Crippen LogP contribution in [0.15, 0.2) is 46.9 Å². The Balaban J connectivity index is 1.91. The minimum Gasteiger partial charge on any atom is -0.321 e. The number of hydrogen-bond donors (Lipinski definition) is 2. The number of fused-ring (bicyclic) bond motifs is 1. The Hall–Kier alpha value is -2.36. The van der Waals surface area contributed by atoms with Crippen molar-refractivity contribution < 1.29 is 13.2 Å². The molecule has 0 aliphatic carbocycles. The summed E-state index contributed by atoms with van der Waals surface area (Å²) in [6.45, 7) is 0. The summed E-state index contributed by atoms with van der Waals surface area (Å²) in [6, 6.07) is 9.92. The van der Waals surface area contributed by atoms with Crippen molar-refractivity contribution in [1.29, 1.82) is 0 Å². The van der Waals surface area contributed by atoms with Gasteiger partial charge in [-0.1, -0.05) is 6.07 Å². The van der Waals surface area contributed by atoms with Crippen LogP contribution in [0.5, 0.6) is 0 Å². The van der Waals surface area contributed by atoms with Crippen LogP contribution in [0.3, 0.4) is 0 Å². The number of benzene rings is 1. The number of amides is 1. The Morgan fingerprint density at radius 2 is 2.05 bits per heavy atom. The first kappa shape index (κ1) is 14.6. The molecule has 9 heteroatoms. The molecule has 7 nitrogen and oxygen atoms in total. The van der Waals surface area contributed by atoms with E-state index >= 15 is 0 Å². The Morgan fingerprint density at radius 1 is 1.23 bits per heavy atom. The molecule has 2 aromatic heterocycles. The Kier molecular flexibility index (Phi) is 3.61. The summed E-state index contributed by atoms with van der Waals surface area (Å²) >= 11 is 0.950. The number of thiazole rings is 1. The van der Waals surface area contributed by atoms with E-state index in [0.29, 0.717) is 15.9 Å². The standard InChI is InChI=1S/C13H10N4O3S2/c14-22(19,20)13-17-9-5-4-8(7-11(9)21-13)16-12(18)10-3-1-2-6-15-10/h1-7H,(H,16,18)(H2,14,19,20). The lowest BCUT2D eigenvalue weighted by Crippen LogP contribution is -2.13. The van der Waals surface area contributed by atoms with E-state index in [0.717, 1.165) is 11.3 Å². The third-order valence-corrected chi connectivity index (χ3v) is 5.11. The number of nitrogens with two attached hydrogens (primary N) is 1. The molecule has 0 aliphatic rings. The van der Waals surface area contributed by atoms with E-state index in [1.165, 1.54) is 6.20 Å². The highest BCUT2D eigenvalue weighted by atomic mass is 32.2. The van der Waals surface area contributed by atoms with Gasteiger partial charge in [0.2, 0.25) is 4.34 Å². The van der Waals surface area contributed by atoms with Crippen molar-refractivity contribution in [3.63, 3.8) is 0 Å². The van der Waals surface area contributed by atoms with Crippen LogP contribution in [-0.2, 0) is 10.0 Å². The molecular weight excluding hydrogens is 324 g/mol. The van der Waals surface area contributed by atoms with Crippen molar-refractivity contribution in [2.75, 3.05) is 5.32 Å². The van der Waals surface area contributed by atoms with Crippen molar-refractivity contribution in [2.45, 2.75) is 4.34 Å². The maximum absolute atomic E-state index is 12.0. The number of rotatable bonds is 3. The average Bonchev–Trinajstić information content (AvgIpc) is 2.91. The van der Waals surface area contributed by atoms with Gasteiger partial charge in [0.25, 0.3) is 15.9 Å². The lowest BCUT2D eigenvalue weighted by molar-refractivity contribution is 0.102. The van der Waals surface area contributed by atoms with Crippen LogP contribution < -0.4 is 10.5 Å². The predicted molar refractivity (Wildman–Crippen MR) is 83.2 cm³/mol. The third kappa shape index (κ3) is 2.96. The quantitative estimate of drug-likeness (QED) is 0.755. The molecule has 1 amide bonds. The number of carbonyl (C=O) groups excluding carboxylic acids is 1. The van der Waals surface area contributed by atoms with Gasteiger partial charge in [-0.05, 0) is 30.3 Å². The summed E-state index contributed by atoms with van der Waals surface area (Å²) < 4.78 is 23.1. The van der Waals surface area contributed by atoms with Crippen LogP contribution in [0.25, 0.3) is 10.2 Å². The first-order chi connectivity index (χ1) is 10.4. The normalized spacial score (nSPS) is 11.5. The summed E-state index contributed by atoms with van der Waals surface area (Å²) in [6.07, 6.45) is 1.53. The number of carbonyl (C=O) groups is 1. The maximum Gasteiger partial charge on any atom is 0.274 e. The molecule has 3 N–H and O–H groups in total. The molecule has 0 spiro atoms. The van der Waals surface area contributed by atoms with Gasteiger partial charge < -0.3 is 5.32 Å². The first-order valence-electron chi connectivity index (χ1n) is 6.09. The fraction of sp³-hybridized carbons (Fsp3) is 0. The van der Waals surface area contributed by atoms with Gasteiger partial charge in [-0.15, -0.1) is 11.3 Å². The van der Waals surface area contributed by atoms with Crippen LogP contribution in [0, 0.1) is 0 Å². The average molecular weight is 334 g/mol. The van der Waals surface area contributed by atoms with E-state index < -0.39 is 10.0 Å². The zero-order valence-electron chi connectivity index (χ0n) is 11.1. The van der Waals surface area contributed by atoms with E-state index in [9.17, 15) is 13.2 Å². The van der Waals surface area contributed by atoms with Gasteiger partial charge in [0, 0.05) is 11.9 Å². The molecule has 0 radical (unpaired) electrons. The number of nitrogens with one attached hydrogen (secondary N) is 1. The van der Waals surface area contributed by atoms with Crippen molar-refractivity contribution in [3.05, 3.63) is 48.3 Å². The molecule has 22 heavy (non-hydrogen) atoms. The molecule has 112 valence electrons. The smallest absolute Gasteiger partial charge is 0.274 e. The van der Waals surface area contributed by atoms with Gasteiger partial charge in [-0.2, -0.15) is 0 Å². The van der Waals surface area contributed by atoms with E-state index in [2.05, 4.69) is 15.3 Å². The van der Waals surface area contributed by atoms with Crippen LogP contribution in [0.2, 0.25) is 0 Å². The molecule has 2 heterocycles. The summed E-state index contributed by atoms with van der Waals surface area (Å²) in [5.41, 5.74) is 1.31. The fourth-order valence-corrected chi connectivity index (χ4v) is 3.49. The molecule has 0 atom stereocenters. The largest absolute Gasteiger partial charge is 0.321 e. The van der Waals surface area contributed by atoms with Gasteiger partial charge >= 0.3 is 0 Å². The number of sulfonamides is 1. The van der Waals surface area contributed by atoms with E-state index in [-0.39, 0.29) is 15.9 Å². The molecule has 0 saturated carbocycles. The minimum absolute atomic E-state index is 0.157. The van der Waals surface area contributed by atoms with Crippen LogP contribution in [0.1, 0.15) is 10.5 Å². The Bertz CT molecular complexity index is 952. The van der Waals surface area contributed by atoms with Crippen molar-refractivity contribution in [2.24, 2.45) is 5.14 Å². The highest BCUT2D eigenvalue weighted by molar-refractivity contribution is 7.91. The molecule has 0 aliphatic heterocycles. The molecule has 0 fully saturated rings. The van der Waals surface area contributed by atoms with Crippen LogP contribution >= 0.6 is 11.3 Å². The molecule has 3 rings (SSSR count). The van der Waals surface area contributed by atoms with Gasteiger partial charge in [0.05, 0.1) is 10.2 Å². The highest BCUT2D eigenvalue weighted by Gasteiger charge is 2.15. The summed E-state index contributed by atoms with van der Waals surface area (Å²) in [5.74, 6) is -0.351. The number of anilines is 1. The summed E-state index contributed by atoms with van der Waals surface area (Å²) in [4.78, 5) is 19.9. The van der Waals surface area contributed by atoms with E-state index in [1.807, 2.05) is 0 Å². The maximum atomic E-state index is 12.0. The zero-order chi connectivity index (χ0) is 15.7. The van der Waals surface area contributed by atoms with Crippen LogP contribution in [0.4, 0.5) is 5.69 Å². The highest BCUT2D eigenvalue weighted by Crippen LogP contribution is 2.27. The molecular formula is C13H10N4O3S2. The summed E-state index contributed by atoms with van der Waals surface area (Å²) in [5, 5.41) is 7.75. The molecule has 3 aromatic rings. The molecule has 0 saturated heterocycles. The van der Waals surface area contributed by atoms with E-state index in [4.69, 9.17) is 5.14 Å². The molecule has 0 unspecified atom stereocenters. The second-order valence-corrected chi connectivity index (χ2v) is 7.14. The van der Waals surface area contributed by atoms with Crippen molar-refractivity contribution in [3.8, 4) is 0 Å². The van der Waals surface area contributed by atoms with Gasteiger partial charge in [0.1, 0.15) is 5.69 Å². The SMILES string of the molecule is NS(=O)(=O)c1nc2ccc(NC(=O)c3ccccn3)cc2s1. The fourth-order valence-electron chi connectivity index (χ4n) is 1.80. The number of nitrogens with zero attached hydrogens (tertiary/aromatic N) is 2. The number of pyridine rings is 1. The van der Waals surface area contributed by atoms with Crippen LogP contribution in [-0.4, -0.2) is 24.3 Å². The Labute approximate surface area is 129 Å². The predicted octanol–water partition coefficient (Wildman–Crippen LogP) is 1.59. The van der Waals surface area contributed by atoms with Gasteiger partial charge in [-0.25, -0.2) is 18.5 Å². The Morgan fingerprint density at radius 3 is 2.73 bits per heavy atom. The second-order valence-electron chi connectivity index (χ2n) is 4.38. The van der Waals surface area contributed by atoms with E-state index in [1.54, 1.807) is 36.4 Å². The topological polar surface area (TPSA) is 115 Å². The molecule has 0 bridgehead atoms. The monoisotopic (exact) mass is 334 g/mol. The zero-order valence-corrected chi connectivity index (χ0v) is 12.7. The minimum atomic E-state index is -3.83. The van der Waals surface area contributed by atoms with Crippen molar-refractivity contribution >= 4 is 43.2 Å². The third-order valence-electron chi connectivity index (χ3n) is 2.77. The number of primary sulfonamides is 1. The second kappa shape index (κ2) is 5.44. The van der Waals surface area contributed by atoms with Crippen molar-refractivity contribution in [1.82, 2.24) is 9.97 Å². The lowest BCUT2D eigenvalue weighted by atomic mass is 10.3. The lowest BCUT2D eigenvalue weighted by Gasteiger charge is -2.04. The van der Waals surface area contributed by atoms with Gasteiger partial charge in [-0.3, -0.25) is 9.78 Å².